The van der Waals surface area contributed by atoms with Gasteiger partial charge in [-0.25, -0.2) is 4.79 Å². The minimum absolute atomic E-state index is 0.228. The van der Waals surface area contributed by atoms with Crippen LogP contribution in [0.2, 0.25) is 0 Å². The zero-order valence-electron chi connectivity index (χ0n) is 8.31. The van der Waals surface area contributed by atoms with Gasteiger partial charge in [0.25, 0.3) is 0 Å². The molecule has 0 amide bonds. The third-order valence-corrected chi connectivity index (χ3v) is 2.39. The largest absolute Gasteiger partial charge is 0.478 e. The molecule has 14 heavy (non-hydrogen) atoms. The fourth-order valence-corrected chi connectivity index (χ4v) is 1.59. The molecule has 0 aromatic heterocycles. The summed E-state index contributed by atoms with van der Waals surface area (Å²) in [6.45, 7) is 3.70. The Morgan fingerprint density at radius 1 is 1.57 bits per heavy atom. The molecule has 1 heterocycles. The van der Waals surface area contributed by atoms with Crippen molar-refractivity contribution < 1.29 is 19.4 Å². The second kappa shape index (κ2) is 5.78. The maximum absolute atomic E-state index is 10.4. The molecule has 0 bridgehead atoms. The Bertz CT molecular complexity index is 206. The summed E-state index contributed by atoms with van der Waals surface area (Å²) in [5.41, 5.74) is 0. The van der Waals surface area contributed by atoms with Crippen LogP contribution in [0.25, 0.3) is 0 Å². The lowest BCUT2D eigenvalue weighted by Crippen LogP contribution is -2.29. The van der Waals surface area contributed by atoms with Crippen LogP contribution in [-0.4, -0.2) is 31.1 Å². The normalized spacial score (nSPS) is 21.2. The summed E-state index contributed by atoms with van der Waals surface area (Å²) in [7, 11) is 0. The van der Waals surface area contributed by atoms with Crippen LogP contribution in [0.5, 0.6) is 0 Å². The monoisotopic (exact) mass is 200 g/mol. The molecule has 0 radical (unpaired) electrons. The average Bonchev–Trinajstić information content (AvgIpc) is 2.20. The Morgan fingerprint density at radius 3 is 2.71 bits per heavy atom. The Hall–Kier alpha value is -0.870. The summed E-state index contributed by atoms with van der Waals surface area (Å²) < 4.78 is 10.3. The molecule has 80 valence electrons. The molecular formula is C10H16O4. The summed E-state index contributed by atoms with van der Waals surface area (Å²) in [4.78, 5) is 10.4. The summed E-state index contributed by atoms with van der Waals surface area (Å²) in [5.74, 6) is -0.392. The van der Waals surface area contributed by atoms with Gasteiger partial charge < -0.3 is 14.6 Å². The van der Waals surface area contributed by atoms with E-state index in [9.17, 15) is 4.79 Å². The van der Waals surface area contributed by atoms with Crippen LogP contribution >= 0.6 is 0 Å². The molecule has 1 unspecified atom stereocenters. The van der Waals surface area contributed by atoms with Crippen LogP contribution < -0.4 is 0 Å². The molecule has 1 N–H and O–H groups in total. The highest BCUT2D eigenvalue weighted by atomic mass is 16.7. The fraction of sp³-hybridized carbons (Fsp3) is 0.700. The van der Waals surface area contributed by atoms with E-state index in [1.54, 1.807) is 6.08 Å². The Labute approximate surface area is 83.5 Å². The zero-order chi connectivity index (χ0) is 10.4. The van der Waals surface area contributed by atoms with Crippen molar-refractivity contribution in [2.45, 2.75) is 13.3 Å². The molecule has 0 spiro atoms. The summed E-state index contributed by atoms with van der Waals surface area (Å²) >= 11 is 0. The van der Waals surface area contributed by atoms with Gasteiger partial charge >= 0.3 is 5.97 Å². The molecule has 4 heteroatoms. The standard InChI is InChI=1S/C10H16O4/c1-2-8(3-4-10(11)12)9-5-13-7-14-6-9/h3-4,8-9H,2,5-7H2,1H3,(H,11,12). The number of hydrogen-bond donors (Lipinski definition) is 1. The predicted molar refractivity (Wildman–Crippen MR) is 50.8 cm³/mol. The Kier molecular flexibility index (Phi) is 4.62. The van der Waals surface area contributed by atoms with E-state index in [2.05, 4.69) is 0 Å². The van der Waals surface area contributed by atoms with Crippen molar-refractivity contribution in [1.29, 1.82) is 0 Å². The number of aliphatic carboxylic acids is 1. The van der Waals surface area contributed by atoms with Crippen LogP contribution in [0, 0.1) is 11.8 Å². The maximum Gasteiger partial charge on any atom is 0.327 e. The van der Waals surface area contributed by atoms with Crippen LogP contribution in [0.4, 0.5) is 0 Å². The van der Waals surface area contributed by atoms with E-state index in [-0.39, 0.29) is 11.8 Å². The van der Waals surface area contributed by atoms with E-state index < -0.39 is 5.97 Å². The first kappa shape index (κ1) is 11.2. The second-order valence-corrected chi connectivity index (χ2v) is 3.39. The van der Waals surface area contributed by atoms with Gasteiger partial charge in [-0.2, -0.15) is 0 Å². The van der Waals surface area contributed by atoms with Gasteiger partial charge in [0, 0.05) is 12.0 Å². The van der Waals surface area contributed by atoms with E-state index in [0.717, 1.165) is 6.42 Å². The van der Waals surface area contributed by atoms with Gasteiger partial charge in [0.1, 0.15) is 6.79 Å². The number of rotatable bonds is 4. The molecule has 0 aromatic carbocycles. The van der Waals surface area contributed by atoms with E-state index in [0.29, 0.717) is 20.0 Å². The summed E-state index contributed by atoms with van der Waals surface area (Å²) in [6.07, 6.45) is 3.83. The topological polar surface area (TPSA) is 55.8 Å². The quantitative estimate of drug-likeness (QED) is 0.694. The molecule has 0 saturated carbocycles. The molecule has 1 aliphatic heterocycles. The van der Waals surface area contributed by atoms with Crippen molar-refractivity contribution in [3.05, 3.63) is 12.2 Å². The molecular weight excluding hydrogens is 184 g/mol. The molecule has 1 rings (SSSR count). The molecule has 1 aliphatic rings. The van der Waals surface area contributed by atoms with Crippen LogP contribution in [0.1, 0.15) is 13.3 Å². The van der Waals surface area contributed by atoms with E-state index in [1.165, 1.54) is 6.08 Å². The van der Waals surface area contributed by atoms with Crippen molar-refractivity contribution in [2.75, 3.05) is 20.0 Å². The lowest BCUT2D eigenvalue weighted by atomic mass is 9.90. The second-order valence-electron chi connectivity index (χ2n) is 3.39. The number of carboxylic acids is 1. The Morgan fingerprint density at radius 2 is 2.21 bits per heavy atom. The van der Waals surface area contributed by atoms with Gasteiger partial charge in [-0.05, 0) is 12.3 Å². The third kappa shape index (κ3) is 3.47. The van der Waals surface area contributed by atoms with Crippen molar-refractivity contribution in [1.82, 2.24) is 0 Å². The summed E-state index contributed by atoms with van der Waals surface area (Å²) in [6, 6.07) is 0. The first-order chi connectivity index (χ1) is 6.74. The van der Waals surface area contributed by atoms with Crippen LogP contribution in [-0.2, 0) is 14.3 Å². The Balaban J connectivity index is 2.47. The fourth-order valence-electron chi connectivity index (χ4n) is 1.59. The lowest BCUT2D eigenvalue weighted by Gasteiger charge is -2.27. The SMILES string of the molecule is CCC(C=CC(=O)O)C1COCOC1. The third-order valence-electron chi connectivity index (χ3n) is 2.39. The number of carbonyl (C=O) groups is 1. The molecule has 1 atom stereocenters. The van der Waals surface area contributed by atoms with Gasteiger partial charge in [0.15, 0.2) is 0 Å². The van der Waals surface area contributed by atoms with Crippen molar-refractivity contribution in [3.63, 3.8) is 0 Å². The minimum atomic E-state index is -0.902. The van der Waals surface area contributed by atoms with Crippen LogP contribution in [0.3, 0.4) is 0 Å². The van der Waals surface area contributed by atoms with Crippen molar-refractivity contribution in [3.8, 4) is 0 Å². The van der Waals surface area contributed by atoms with Gasteiger partial charge in [-0.3, -0.25) is 0 Å². The molecule has 1 saturated heterocycles. The molecule has 0 aromatic rings. The smallest absolute Gasteiger partial charge is 0.327 e. The predicted octanol–water partition coefficient (Wildman–Crippen LogP) is 1.27. The molecule has 4 nitrogen and oxygen atoms in total. The van der Waals surface area contributed by atoms with Gasteiger partial charge in [0.2, 0.25) is 0 Å². The zero-order valence-corrected chi connectivity index (χ0v) is 8.31. The van der Waals surface area contributed by atoms with E-state index in [4.69, 9.17) is 14.6 Å². The number of carboxylic acid groups (broad SMARTS) is 1. The van der Waals surface area contributed by atoms with E-state index >= 15 is 0 Å². The first-order valence-corrected chi connectivity index (χ1v) is 4.80. The molecule has 1 fully saturated rings. The summed E-state index contributed by atoms with van der Waals surface area (Å²) in [5, 5.41) is 8.51. The van der Waals surface area contributed by atoms with Crippen LogP contribution in [0.15, 0.2) is 12.2 Å². The van der Waals surface area contributed by atoms with Crippen molar-refractivity contribution >= 4 is 5.97 Å². The maximum atomic E-state index is 10.4. The number of allylic oxidation sites excluding steroid dienone is 1. The van der Waals surface area contributed by atoms with Gasteiger partial charge in [0.05, 0.1) is 13.2 Å². The number of hydrogen-bond acceptors (Lipinski definition) is 3. The van der Waals surface area contributed by atoms with Gasteiger partial charge in [-0.1, -0.05) is 13.0 Å². The highest BCUT2D eigenvalue weighted by Crippen LogP contribution is 2.21. The highest BCUT2D eigenvalue weighted by molar-refractivity contribution is 5.79. The highest BCUT2D eigenvalue weighted by Gasteiger charge is 2.21. The van der Waals surface area contributed by atoms with Crippen molar-refractivity contribution in [2.24, 2.45) is 11.8 Å². The minimum Gasteiger partial charge on any atom is -0.478 e. The van der Waals surface area contributed by atoms with E-state index in [1.807, 2.05) is 6.92 Å². The molecule has 0 aliphatic carbocycles. The van der Waals surface area contributed by atoms with Gasteiger partial charge in [-0.15, -0.1) is 0 Å². The lowest BCUT2D eigenvalue weighted by molar-refractivity contribution is -0.134. The number of ether oxygens (including phenoxy) is 2. The average molecular weight is 200 g/mol. The first-order valence-electron chi connectivity index (χ1n) is 4.80.